The van der Waals surface area contributed by atoms with Crippen molar-refractivity contribution < 1.29 is 23.9 Å². The van der Waals surface area contributed by atoms with E-state index in [1.165, 1.54) is 29.5 Å². The highest BCUT2D eigenvalue weighted by Gasteiger charge is 2.33. The fourth-order valence-electron chi connectivity index (χ4n) is 3.59. The Balaban J connectivity index is 1.32. The molecule has 4 aromatic rings. The summed E-state index contributed by atoms with van der Waals surface area (Å²) in [5, 5.41) is 2.78. The van der Waals surface area contributed by atoms with Gasteiger partial charge in [0.05, 0.1) is 26.4 Å². The number of thiazole rings is 1. The molecule has 3 aromatic carbocycles. The van der Waals surface area contributed by atoms with Crippen molar-refractivity contribution >= 4 is 61.7 Å². The molecule has 0 unspecified atom stereocenters. The highest BCUT2D eigenvalue weighted by molar-refractivity contribution is 7.22. The van der Waals surface area contributed by atoms with Crippen molar-refractivity contribution in [3.05, 3.63) is 93.5 Å². The Morgan fingerprint density at radius 3 is 2.36 bits per heavy atom. The van der Waals surface area contributed by atoms with Crippen LogP contribution in [0.3, 0.4) is 0 Å². The van der Waals surface area contributed by atoms with Crippen LogP contribution in [-0.4, -0.2) is 35.0 Å². The Hall–Kier alpha value is -3.88. The number of ketones is 2. The number of halogens is 1. The number of rotatable bonds is 4. The van der Waals surface area contributed by atoms with Gasteiger partial charge in [-0.25, -0.2) is 9.78 Å². The third kappa shape index (κ3) is 3.69. The zero-order chi connectivity index (χ0) is 23.1. The van der Waals surface area contributed by atoms with Crippen molar-refractivity contribution in [2.75, 3.05) is 11.9 Å². The molecule has 0 bridgehead atoms. The van der Waals surface area contributed by atoms with Gasteiger partial charge in [0.25, 0.3) is 5.91 Å². The van der Waals surface area contributed by atoms with Gasteiger partial charge in [0, 0.05) is 16.7 Å². The van der Waals surface area contributed by atoms with E-state index in [0.29, 0.717) is 5.13 Å². The fourth-order valence-corrected chi connectivity index (χ4v) is 4.80. The Morgan fingerprint density at radius 2 is 1.61 bits per heavy atom. The Bertz CT molecular complexity index is 1460. The smallest absolute Gasteiger partial charge is 0.340 e. The number of hydrogen-bond donors (Lipinski definition) is 1. The number of nitrogens with zero attached hydrogens (tertiary/aromatic N) is 1. The van der Waals surface area contributed by atoms with E-state index in [4.69, 9.17) is 16.3 Å². The molecular weight excluding hydrogens is 464 g/mol. The van der Waals surface area contributed by atoms with Crippen molar-refractivity contribution in [3.8, 4) is 0 Å². The monoisotopic (exact) mass is 476 g/mol. The third-order valence-corrected chi connectivity index (χ3v) is 6.47. The van der Waals surface area contributed by atoms with E-state index in [1.807, 2.05) is 24.3 Å². The van der Waals surface area contributed by atoms with Gasteiger partial charge in [-0.3, -0.25) is 19.7 Å². The highest BCUT2D eigenvalue weighted by Crippen LogP contribution is 2.34. The number of carbonyl (C=O) groups is 4. The van der Waals surface area contributed by atoms with Crippen LogP contribution < -0.4 is 5.32 Å². The Morgan fingerprint density at radius 1 is 0.909 bits per heavy atom. The van der Waals surface area contributed by atoms with Crippen LogP contribution in [0.5, 0.6) is 0 Å². The maximum Gasteiger partial charge on any atom is 0.340 e. The molecule has 1 aliphatic rings. The molecule has 0 aliphatic heterocycles. The molecule has 0 fully saturated rings. The van der Waals surface area contributed by atoms with E-state index in [9.17, 15) is 19.2 Å². The van der Waals surface area contributed by atoms with Gasteiger partial charge < -0.3 is 4.74 Å². The van der Waals surface area contributed by atoms with Gasteiger partial charge in [-0.2, -0.15) is 0 Å². The van der Waals surface area contributed by atoms with Gasteiger partial charge >= 0.3 is 5.97 Å². The van der Waals surface area contributed by atoms with Crippen molar-refractivity contribution in [1.29, 1.82) is 0 Å². The molecular formula is C24H13ClN2O5S. The minimum atomic E-state index is -0.888. The van der Waals surface area contributed by atoms with Crippen LogP contribution in [-0.2, 0) is 9.53 Å². The predicted molar refractivity (Wildman–Crippen MR) is 123 cm³/mol. The molecule has 0 spiro atoms. The number of fused-ring (bicyclic) bond motifs is 3. The summed E-state index contributed by atoms with van der Waals surface area (Å²) in [6, 6.07) is 16.5. The average molecular weight is 477 g/mol. The van der Waals surface area contributed by atoms with Crippen LogP contribution in [0.4, 0.5) is 5.13 Å². The molecule has 5 rings (SSSR count). The van der Waals surface area contributed by atoms with Crippen molar-refractivity contribution in [2.45, 2.75) is 0 Å². The Kier molecular flexibility index (Phi) is 5.24. The van der Waals surface area contributed by atoms with E-state index in [2.05, 4.69) is 10.3 Å². The summed E-state index contributed by atoms with van der Waals surface area (Å²) in [6.07, 6.45) is 0. The quantitative estimate of drug-likeness (QED) is 0.382. The molecule has 0 radical (unpaired) electrons. The summed E-state index contributed by atoms with van der Waals surface area (Å²) in [6.45, 7) is -0.572. The molecule has 1 N–H and O–H groups in total. The number of hydrogen-bond acceptors (Lipinski definition) is 7. The number of amides is 1. The van der Waals surface area contributed by atoms with Gasteiger partial charge in [-0.1, -0.05) is 59.3 Å². The molecule has 1 aromatic heterocycles. The van der Waals surface area contributed by atoms with Crippen LogP contribution in [0.1, 0.15) is 42.2 Å². The lowest BCUT2D eigenvalue weighted by molar-refractivity contribution is -0.119. The SMILES string of the molecule is O=C(COC(=O)c1ccc2c(c1Cl)C(=O)c1ccccc1C2=O)Nc1nc2ccccc2s1. The number of ether oxygens (including phenoxy) is 1. The molecule has 33 heavy (non-hydrogen) atoms. The van der Waals surface area contributed by atoms with Gasteiger partial charge in [-0.15, -0.1) is 0 Å². The van der Waals surface area contributed by atoms with E-state index < -0.39 is 24.3 Å². The number of para-hydroxylation sites is 1. The van der Waals surface area contributed by atoms with E-state index >= 15 is 0 Å². The predicted octanol–water partition coefficient (Wildman–Crippen LogP) is 4.52. The minimum Gasteiger partial charge on any atom is -0.452 e. The zero-order valence-corrected chi connectivity index (χ0v) is 18.3. The van der Waals surface area contributed by atoms with Gasteiger partial charge in [-0.05, 0) is 24.3 Å². The second kappa shape index (κ2) is 8.23. The van der Waals surface area contributed by atoms with Crippen LogP contribution in [0, 0.1) is 0 Å². The summed E-state index contributed by atoms with van der Waals surface area (Å²) in [5.74, 6) is -2.26. The summed E-state index contributed by atoms with van der Waals surface area (Å²) in [5.41, 5.74) is 1.22. The zero-order valence-electron chi connectivity index (χ0n) is 16.8. The number of benzene rings is 3. The normalized spacial score (nSPS) is 12.3. The molecule has 1 amide bonds. The number of esters is 1. The van der Waals surface area contributed by atoms with Gasteiger partial charge in [0.1, 0.15) is 0 Å². The third-order valence-electron chi connectivity index (χ3n) is 5.12. The highest BCUT2D eigenvalue weighted by atomic mass is 35.5. The first-order chi connectivity index (χ1) is 15.9. The number of aromatic nitrogens is 1. The maximum absolute atomic E-state index is 12.9. The van der Waals surface area contributed by atoms with Crippen molar-refractivity contribution in [1.82, 2.24) is 4.98 Å². The largest absolute Gasteiger partial charge is 0.452 e. The minimum absolute atomic E-state index is 0.0475. The summed E-state index contributed by atoms with van der Waals surface area (Å²) >= 11 is 7.65. The molecule has 1 aliphatic carbocycles. The topological polar surface area (TPSA) is 102 Å². The Labute approximate surface area is 196 Å². The standard InChI is InChI=1S/C24H13ClN2O5S/c25-20-15(10-9-14-19(20)22(30)13-6-2-1-5-12(13)21(14)29)23(31)32-11-18(28)27-24-26-16-7-3-4-8-17(16)33-24/h1-10H,11H2,(H,26,27,28). The van der Waals surface area contributed by atoms with Crippen LogP contribution in [0.15, 0.2) is 60.7 Å². The molecule has 162 valence electrons. The van der Waals surface area contributed by atoms with Crippen molar-refractivity contribution in [3.63, 3.8) is 0 Å². The first kappa shape index (κ1) is 21.0. The van der Waals surface area contributed by atoms with Crippen LogP contribution in [0.25, 0.3) is 10.2 Å². The van der Waals surface area contributed by atoms with Crippen molar-refractivity contribution in [2.24, 2.45) is 0 Å². The summed E-state index contributed by atoms with van der Waals surface area (Å²) in [7, 11) is 0. The molecule has 7 nitrogen and oxygen atoms in total. The van der Waals surface area contributed by atoms with Gasteiger partial charge in [0.15, 0.2) is 23.3 Å². The number of nitrogens with one attached hydrogen (secondary N) is 1. The summed E-state index contributed by atoms with van der Waals surface area (Å²) in [4.78, 5) is 54.8. The van der Waals surface area contributed by atoms with E-state index in [1.54, 1.807) is 18.2 Å². The summed E-state index contributed by atoms with van der Waals surface area (Å²) < 4.78 is 5.99. The lowest BCUT2D eigenvalue weighted by atomic mass is 9.83. The van der Waals surface area contributed by atoms with E-state index in [0.717, 1.165) is 10.2 Å². The second-order valence-electron chi connectivity index (χ2n) is 7.16. The number of carbonyl (C=O) groups excluding carboxylic acids is 4. The molecule has 9 heteroatoms. The van der Waals surface area contributed by atoms with Crippen LogP contribution in [0.2, 0.25) is 5.02 Å². The average Bonchev–Trinajstić information content (AvgIpc) is 3.23. The van der Waals surface area contributed by atoms with E-state index in [-0.39, 0.29) is 38.6 Å². The maximum atomic E-state index is 12.9. The molecule has 0 saturated heterocycles. The van der Waals surface area contributed by atoms with Gasteiger partial charge in [0.2, 0.25) is 0 Å². The fraction of sp³-hybridized carbons (Fsp3) is 0.0417. The molecule has 0 saturated carbocycles. The lowest BCUT2D eigenvalue weighted by Crippen LogP contribution is -2.24. The van der Waals surface area contributed by atoms with Crippen LogP contribution >= 0.6 is 22.9 Å². The first-order valence-electron chi connectivity index (χ1n) is 9.77. The first-order valence-corrected chi connectivity index (χ1v) is 11.0. The molecule has 1 heterocycles. The second-order valence-corrected chi connectivity index (χ2v) is 8.57. The lowest BCUT2D eigenvalue weighted by Gasteiger charge is -2.19. The molecule has 0 atom stereocenters. The number of anilines is 1.